The zero-order chi connectivity index (χ0) is 26.7. The molecule has 1 aromatic rings. The van der Waals surface area contributed by atoms with Crippen molar-refractivity contribution in [2.75, 3.05) is 32.8 Å². The van der Waals surface area contributed by atoms with Crippen molar-refractivity contribution in [3.05, 3.63) is 61.2 Å². The Labute approximate surface area is 232 Å². The molecule has 3 heterocycles. The van der Waals surface area contributed by atoms with E-state index >= 15 is 0 Å². The van der Waals surface area contributed by atoms with Gasteiger partial charge in [0.05, 0.1) is 23.2 Å². The molecule has 0 aliphatic carbocycles. The molecule has 7 nitrogen and oxygen atoms in total. The molecule has 3 unspecified atom stereocenters. The molecule has 3 aliphatic heterocycles. The normalized spacial score (nSPS) is 29.8. The lowest BCUT2D eigenvalue weighted by Crippen LogP contribution is -2.56. The van der Waals surface area contributed by atoms with E-state index in [1.165, 1.54) is 0 Å². The number of carbonyl (C=O) groups excluding carboxylic acids is 3. The molecule has 6 atom stereocenters. The Kier molecular flexibility index (Phi) is 8.86. The van der Waals surface area contributed by atoms with Crippen LogP contribution >= 0.6 is 27.7 Å². The first-order chi connectivity index (χ1) is 17.8. The Morgan fingerprint density at radius 2 is 1.86 bits per heavy atom. The lowest BCUT2D eigenvalue weighted by Gasteiger charge is -2.38. The largest absolute Gasteiger partial charge is 0.395 e. The van der Waals surface area contributed by atoms with E-state index in [2.05, 4.69) is 29.1 Å². The van der Waals surface area contributed by atoms with E-state index in [0.717, 1.165) is 12.0 Å². The number of rotatable bonds is 12. The van der Waals surface area contributed by atoms with Gasteiger partial charge in [0.2, 0.25) is 17.7 Å². The van der Waals surface area contributed by atoms with Gasteiger partial charge < -0.3 is 19.8 Å². The number of likely N-dealkylation sites (tertiary alicyclic amines) is 1. The monoisotopic (exact) mass is 589 g/mol. The molecular weight excluding hydrogens is 554 g/mol. The summed E-state index contributed by atoms with van der Waals surface area (Å²) in [6, 6.07) is 8.98. The van der Waals surface area contributed by atoms with Crippen LogP contribution in [0.5, 0.6) is 0 Å². The second-order valence-electron chi connectivity index (χ2n) is 9.98. The molecule has 3 saturated heterocycles. The van der Waals surface area contributed by atoms with Crippen LogP contribution in [0.15, 0.2) is 55.6 Å². The van der Waals surface area contributed by atoms with Crippen molar-refractivity contribution in [2.24, 2.45) is 11.8 Å². The van der Waals surface area contributed by atoms with Crippen LogP contribution in [-0.4, -0.2) is 91.2 Å². The number of carbonyl (C=O) groups is 3. The number of aliphatic hydroxyl groups excluding tert-OH is 1. The van der Waals surface area contributed by atoms with Crippen molar-refractivity contribution < 1.29 is 19.5 Å². The van der Waals surface area contributed by atoms with Gasteiger partial charge in [-0.2, -0.15) is 0 Å². The van der Waals surface area contributed by atoms with E-state index in [1.54, 1.807) is 38.6 Å². The Balaban J connectivity index is 1.73. The van der Waals surface area contributed by atoms with Gasteiger partial charge >= 0.3 is 0 Å². The zero-order valence-electron chi connectivity index (χ0n) is 21.3. The molecule has 37 heavy (non-hydrogen) atoms. The number of aliphatic hydroxyl groups is 1. The standard InChI is InChI=1S/C28H36BrN3O4S/c1-4-12-30(13-5-2)25(34)21-22-26(35)32(15-16-33)24(28(22)17-20(29)23(21)37-28)27(36)31(14-6-3)18-19-10-8-7-9-11-19/h4,6-11,20-24,33H,1,3,5,12-18H2,2H3/t20?,21-,22-,23-,24?,28?/m0/s1. The van der Waals surface area contributed by atoms with Crippen LogP contribution in [0.1, 0.15) is 25.3 Å². The topological polar surface area (TPSA) is 81.2 Å². The van der Waals surface area contributed by atoms with Gasteiger partial charge in [0.1, 0.15) is 6.04 Å². The van der Waals surface area contributed by atoms with Gasteiger partial charge in [-0.15, -0.1) is 24.9 Å². The fourth-order valence-corrected chi connectivity index (χ4v) is 9.93. The first-order valence-corrected chi connectivity index (χ1v) is 14.7. The van der Waals surface area contributed by atoms with Crippen LogP contribution < -0.4 is 0 Å². The summed E-state index contributed by atoms with van der Waals surface area (Å²) in [5.74, 6) is -1.54. The Morgan fingerprint density at radius 1 is 1.19 bits per heavy atom. The molecule has 3 amide bonds. The second-order valence-corrected chi connectivity index (χ2v) is 12.7. The number of nitrogens with zero attached hydrogens (tertiary/aromatic N) is 3. The molecule has 0 saturated carbocycles. The smallest absolute Gasteiger partial charge is 0.247 e. The number of alkyl halides is 1. The van der Waals surface area contributed by atoms with Crippen molar-refractivity contribution >= 4 is 45.4 Å². The Morgan fingerprint density at radius 3 is 2.49 bits per heavy atom. The molecule has 3 aliphatic rings. The van der Waals surface area contributed by atoms with Gasteiger partial charge in [0.15, 0.2) is 0 Å². The quantitative estimate of drug-likeness (QED) is 0.299. The number of benzene rings is 1. The van der Waals surface area contributed by atoms with Gasteiger partial charge in [-0.25, -0.2) is 0 Å². The molecule has 1 spiro atoms. The number of amides is 3. The number of fused-ring (bicyclic) bond motifs is 1. The van der Waals surface area contributed by atoms with Crippen LogP contribution in [0.3, 0.4) is 0 Å². The van der Waals surface area contributed by atoms with E-state index in [1.807, 2.05) is 37.3 Å². The van der Waals surface area contributed by atoms with Gasteiger partial charge in [-0.1, -0.05) is 65.3 Å². The molecule has 4 rings (SSSR count). The summed E-state index contributed by atoms with van der Waals surface area (Å²) in [6.07, 6.45) is 4.83. The number of hydrogen-bond acceptors (Lipinski definition) is 5. The summed E-state index contributed by atoms with van der Waals surface area (Å²) in [6.45, 7) is 11.2. The van der Waals surface area contributed by atoms with Gasteiger partial charge in [-0.3, -0.25) is 14.4 Å². The van der Waals surface area contributed by atoms with Crippen molar-refractivity contribution in [2.45, 2.75) is 47.2 Å². The lowest BCUT2D eigenvalue weighted by atomic mass is 9.70. The van der Waals surface area contributed by atoms with Crippen LogP contribution in [0, 0.1) is 11.8 Å². The molecule has 9 heteroatoms. The fourth-order valence-electron chi connectivity index (χ4n) is 6.33. The van der Waals surface area contributed by atoms with E-state index in [9.17, 15) is 19.5 Å². The van der Waals surface area contributed by atoms with E-state index in [4.69, 9.17) is 0 Å². The highest BCUT2D eigenvalue weighted by Gasteiger charge is 2.76. The minimum Gasteiger partial charge on any atom is -0.395 e. The molecule has 200 valence electrons. The van der Waals surface area contributed by atoms with Crippen LogP contribution in [0.25, 0.3) is 0 Å². The minimum atomic E-state index is -0.757. The highest BCUT2D eigenvalue weighted by atomic mass is 79.9. The van der Waals surface area contributed by atoms with Gasteiger partial charge in [-0.05, 0) is 18.4 Å². The van der Waals surface area contributed by atoms with Crippen molar-refractivity contribution in [3.8, 4) is 0 Å². The summed E-state index contributed by atoms with van der Waals surface area (Å²) in [7, 11) is 0. The number of β-amino-alcohol motifs (C(OH)–C–C–N with tert-alkyl or cyclic N) is 1. The SMILES string of the molecule is C=CCN(Cc1ccccc1)C(=O)C1N(CCO)C(=O)[C@@H]2[C@H](C(=O)N(CC=C)CCC)[C@H]3SC12CC3Br. The molecule has 2 bridgehead atoms. The van der Waals surface area contributed by atoms with Crippen LogP contribution in [0.4, 0.5) is 0 Å². The van der Waals surface area contributed by atoms with Crippen molar-refractivity contribution in [1.82, 2.24) is 14.7 Å². The maximum Gasteiger partial charge on any atom is 0.247 e. The average molecular weight is 591 g/mol. The molecular formula is C28H36BrN3O4S. The first-order valence-electron chi connectivity index (χ1n) is 12.9. The predicted molar refractivity (Wildman–Crippen MR) is 150 cm³/mol. The minimum absolute atomic E-state index is 0.00839. The van der Waals surface area contributed by atoms with Crippen molar-refractivity contribution in [1.29, 1.82) is 0 Å². The third-order valence-corrected chi connectivity index (χ3v) is 10.9. The summed E-state index contributed by atoms with van der Waals surface area (Å²) in [5.41, 5.74) is 0.985. The van der Waals surface area contributed by atoms with Crippen molar-refractivity contribution in [3.63, 3.8) is 0 Å². The molecule has 1 N–H and O–H groups in total. The summed E-state index contributed by atoms with van der Waals surface area (Å²) >= 11 is 5.43. The Hall–Kier alpha value is -2.10. The predicted octanol–water partition coefficient (Wildman–Crippen LogP) is 3.08. The molecule has 0 aromatic heterocycles. The fraction of sp³-hybridized carbons (Fsp3) is 0.536. The molecule has 0 radical (unpaired) electrons. The Bertz CT molecular complexity index is 1040. The summed E-state index contributed by atoms with van der Waals surface area (Å²) < 4.78 is -0.731. The second kappa shape index (κ2) is 11.7. The highest BCUT2D eigenvalue weighted by Crippen LogP contribution is 2.68. The van der Waals surface area contributed by atoms with E-state index in [0.29, 0.717) is 32.6 Å². The third kappa shape index (κ3) is 4.90. The van der Waals surface area contributed by atoms with Gasteiger partial charge in [0.25, 0.3) is 0 Å². The summed E-state index contributed by atoms with van der Waals surface area (Å²) in [5, 5.41) is 9.77. The molecule has 1 aromatic carbocycles. The summed E-state index contributed by atoms with van der Waals surface area (Å²) in [4.78, 5) is 47.2. The van der Waals surface area contributed by atoms with E-state index in [-0.39, 0.29) is 41.0 Å². The van der Waals surface area contributed by atoms with Gasteiger partial charge in [0, 0.05) is 42.8 Å². The van der Waals surface area contributed by atoms with E-state index < -0.39 is 22.6 Å². The zero-order valence-corrected chi connectivity index (χ0v) is 23.7. The third-order valence-electron chi connectivity index (χ3n) is 7.68. The number of thioether (sulfide) groups is 1. The van der Waals surface area contributed by atoms with Crippen LogP contribution in [0.2, 0.25) is 0 Å². The number of halogens is 1. The first kappa shape index (κ1) is 27.9. The maximum absolute atomic E-state index is 14.3. The maximum atomic E-state index is 14.3. The average Bonchev–Trinajstić information content (AvgIpc) is 3.47. The van der Waals surface area contributed by atoms with Crippen LogP contribution in [-0.2, 0) is 20.9 Å². The molecule has 3 fully saturated rings. The highest BCUT2D eigenvalue weighted by molar-refractivity contribution is 9.09. The number of hydrogen-bond donors (Lipinski definition) is 1. The lowest BCUT2D eigenvalue weighted by molar-refractivity contribution is -0.145.